The predicted molar refractivity (Wildman–Crippen MR) is 81.4 cm³/mol. The molecule has 1 fully saturated rings. The molecule has 4 nitrogen and oxygen atoms in total. The van der Waals surface area contributed by atoms with E-state index in [-0.39, 0.29) is 11.6 Å². The zero-order chi connectivity index (χ0) is 18.1. The molecule has 0 aliphatic heterocycles. The molecule has 2 N–H and O–H groups in total. The lowest BCUT2D eigenvalue weighted by Crippen LogP contribution is -2.44. The number of carboxylic acid groups (broad SMARTS) is 1. The Labute approximate surface area is 138 Å². The van der Waals surface area contributed by atoms with E-state index in [1.165, 1.54) is 12.1 Å². The Kier molecular flexibility index (Phi) is 4.92. The highest BCUT2D eigenvalue weighted by atomic mass is 19.4. The maximum Gasteiger partial charge on any atom is 0.416 e. The summed E-state index contributed by atoms with van der Waals surface area (Å²) in [5, 5.41) is 11.8. The molecule has 0 unspecified atom stereocenters. The highest BCUT2D eigenvalue weighted by Gasteiger charge is 2.37. The van der Waals surface area contributed by atoms with E-state index in [0.29, 0.717) is 19.3 Å². The summed E-state index contributed by atoms with van der Waals surface area (Å²) in [5.41, 5.74) is -1.68. The quantitative estimate of drug-likeness (QED) is 0.881. The minimum Gasteiger partial charge on any atom is -0.481 e. The van der Waals surface area contributed by atoms with Crippen molar-refractivity contribution in [3.8, 4) is 0 Å². The zero-order valence-corrected chi connectivity index (χ0v) is 13.5. The van der Waals surface area contributed by atoms with Crippen LogP contribution >= 0.6 is 0 Å². The Balaban J connectivity index is 2.12. The predicted octanol–water partition coefficient (Wildman–Crippen LogP) is 3.35. The van der Waals surface area contributed by atoms with Crippen molar-refractivity contribution in [2.45, 2.75) is 50.7 Å². The van der Waals surface area contributed by atoms with Crippen LogP contribution in [0.5, 0.6) is 0 Å². The molecule has 2 rings (SSSR count). The summed E-state index contributed by atoms with van der Waals surface area (Å²) >= 11 is 0. The van der Waals surface area contributed by atoms with Crippen LogP contribution in [0.4, 0.5) is 13.2 Å². The van der Waals surface area contributed by atoms with Gasteiger partial charge in [-0.2, -0.15) is 13.2 Å². The number of carboxylic acids is 1. The summed E-state index contributed by atoms with van der Waals surface area (Å²) in [6.45, 7) is 3.11. The Hall–Kier alpha value is -2.05. The van der Waals surface area contributed by atoms with Crippen LogP contribution in [0.25, 0.3) is 0 Å². The van der Waals surface area contributed by atoms with E-state index in [1.54, 1.807) is 13.8 Å². The van der Waals surface area contributed by atoms with Gasteiger partial charge in [0.25, 0.3) is 0 Å². The molecule has 0 heterocycles. The van der Waals surface area contributed by atoms with Crippen molar-refractivity contribution in [3.63, 3.8) is 0 Å². The third-order valence-electron chi connectivity index (χ3n) is 4.60. The van der Waals surface area contributed by atoms with Gasteiger partial charge in [-0.1, -0.05) is 18.2 Å². The van der Waals surface area contributed by atoms with Gasteiger partial charge in [-0.25, -0.2) is 0 Å². The number of hydrogen-bond acceptors (Lipinski definition) is 2. The first-order valence-electron chi connectivity index (χ1n) is 7.73. The first-order chi connectivity index (χ1) is 11.0. The fraction of sp³-hybridized carbons (Fsp3) is 0.529. The maximum absolute atomic E-state index is 12.8. The summed E-state index contributed by atoms with van der Waals surface area (Å²) < 4.78 is 38.5. The summed E-state index contributed by atoms with van der Waals surface area (Å²) in [6.07, 6.45) is -3.08. The van der Waals surface area contributed by atoms with Crippen molar-refractivity contribution < 1.29 is 27.9 Å². The van der Waals surface area contributed by atoms with Crippen molar-refractivity contribution in [3.05, 3.63) is 35.4 Å². The number of hydrogen-bond donors (Lipinski definition) is 2. The molecule has 132 valence electrons. The fourth-order valence-corrected chi connectivity index (χ4v) is 2.92. The van der Waals surface area contributed by atoms with Crippen LogP contribution in [0, 0.1) is 5.92 Å². The Morgan fingerprint density at radius 1 is 1.17 bits per heavy atom. The third-order valence-corrected chi connectivity index (χ3v) is 4.60. The molecule has 24 heavy (non-hydrogen) atoms. The van der Waals surface area contributed by atoms with Gasteiger partial charge in [0, 0.05) is 6.04 Å². The van der Waals surface area contributed by atoms with Crippen molar-refractivity contribution >= 4 is 11.9 Å². The molecule has 0 bridgehead atoms. The second kappa shape index (κ2) is 6.45. The van der Waals surface area contributed by atoms with Gasteiger partial charge in [0.05, 0.1) is 16.9 Å². The number of amides is 1. The van der Waals surface area contributed by atoms with E-state index in [0.717, 1.165) is 12.1 Å². The van der Waals surface area contributed by atoms with Crippen LogP contribution in [0.1, 0.15) is 44.2 Å². The summed E-state index contributed by atoms with van der Waals surface area (Å²) in [6, 6.07) is 4.45. The van der Waals surface area contributed by atoms with E-state index in [2.05, 4.69) is 5.32 Å². The van der Waals surface area contributed by atoms with Gasteiger partial charge >= 0.3 is 12.1 Å². The van der Waals surface area contributed by atoms with Gasteiger partial charge in [0.15, 0.2) is 0 Å². The second-order valence-corrected chi connectivity index (χ2v) is 6.72. The van der Waals surface area contributed by atoms with Crippen molar-refractivity contribution in [1.29, 1.82) is 0 Å². The number of alkyl halides is 3. The number of aliphatic carboxylic acids is 1. The van der Waals surface area contributed by atoms with Crippen LogP contribution in [0.3, 0.4) is 0 Å². The largest absolute Gasteiger partial charge is 0.481 e. The lowest BCUT2D eigenvalue weighted by Gasteiger charge is -2.27. The number of halogens is 3. The van der Waals surface area contributed by atoms with Crippen LogP contribution < -0.4 is 5.32 Å². The average molecular weight is 343 g/mol. The van der Waals surface area contributed by atoms with Gasteiger partial charge in [0.2, 0.25) is 5.91 Å². The Bertz CT molecular complexity index is 640. The van der Waals surface area contributed by atoms with Crippen LogP contribution in [0.15, 0.2) is 24.3 Å². The van der Waals surface area contributed by atoms with Crippen LogP contribution in [-0.2, 0) is 21.2 Å². The second-order valence-electron chi connectivity index (χ2n) is 6.72. The van der Waals surface area contributed by atoms with E-state index < -0.39 is 34.9 Å². The molecular formula is C17H20F3NO3. The standard InChI is InChI=1S/C17H20F3NO3/c1-16(2,11-4-3-5-12(9-11)17(18,19)20)15(24)21-13-7-6-10(8-13)14(22)23/h3-5,9-10,13H,6-8H2,1-2H3,(H,21,24)(H,22,23)/t10-,13+/m0/s1. The van der Waals surface area contributed by atoms with Gasteiger partial charge in [-0.15, -0.1) is 0 Å². The zero-order valence-electron chi connectivity index (χ0n) is 13.5. The summed E-state index contributed by atoms with van der Waals surface area (Å²) in [7, 11) is 0. The molecule has 0 spiro atoms. The Morgan fingerprint density at radius 2 is 1.79 bits per heavy atom. The molecule has 1 aromatic carbocycles. The lowest BCUT2D eigenvalue weighted by atomic mass is 9.82. The van der Waals surface area contributed by atoms with Gasteiger partial charge in [-0.05, 0) is 44.7 Å². The van der Waals surface area contributed by atoms with E-state index in [9.17, 15) is 22.8 Å². The fourth-order valence-electron chi connectivity index (χ4n) is 2.92. The minimum atomic E-state index is -4.47. The molecule has 1 aromatic rings. The minimum absolute atomic E-state index is 0.260. The molecule has 0 radical (unpaired) electrons. The van der Waals surface area contributed by atoms with Gasteiger partial charge in [-0.3, -0.25) is 9.59 Å². The van der Waals surface area contributed by atoms with Gasteiger partial charge in [0.1, 0.15) is 0 Å². The normalized spacial score (nSPS) is 21.5. The SMILES string of the molecule is CC(C)(C(=O)N[C@@H]1CC[C@H](C(=O)O)C1)c1cccc(C(F)(F)F)c1. The monoisotopic (exact) mass is 343 g/mol. The van der Waals surface area contributed by atoms with Gasteiger partial charge < -0.3 is 10.4 Å². The van der Waals surface area contributed by atoms with Crippen LogP contribution in [-0.4, -0.2) is 23.0 Å². The highest BCUT2D eigenvalue weighted by Crippen LogP contribution is 2.33. The molecule has 1 saturated carbocycles. The summed E-state index contributed by atoms with van der Waals surface area (Å²) in [4.78, 5) is 23.5. The first kappa shape index (κ1) is 18.3. The third kappa shape index (κ3) is 3.88. The van der Waals surface area contributed by atoms with Crippen LogP contribution in [0.2, 0.25) is 0 Å². The maximum atomic E-state index is 12.8. The molecule has 0 aromatic heterocycles. The topological polar surface area (TPSA) is 66.4 Å². The lowest BCUT2D eigenvalue weighted by molar-refractivity contribution is -0.141. The number of benzene rings is 1. The van der Waals surface area contributed by atoms with Crippen molar-refractivity contribution in [1.82, 2.24) is 5.32 Å². The van der Waals surface area contributed by atoms with Crippen molar-refractivity contribution in [2.75, 3.05) is 0 Å². The van der Waals surface area contributed by atoms with E-state index in [1.807, 2.05) is 0 Å². The first-order valence-corrected chi connectivity index (χ1v) is 7.73. The molecular weight excluding hydrogens is 323 g/mol. The molecule has 1 aliphatic carbocycles. The summed E-state index contributed by atoms with van der Waals surface area (Å²) in [5.74, 6) is -1.77. The van der Waals surface area contributed by atoms with Crippen molar-refractivity contribution in [2.24, 2.45) is 5.92 Å². The Morgan fingerprint density at radius 3 is 2.33 bits per heavy atom. The number of carbonyl (C=O) groups is 2. The molecule has 0 saturated heterocycles. The number of carbonyl (C=O) groups excluding carboxylic acids is 1. The van der Waals surface area contributed by atoms with E-state index in [4.69, 9.17) is 5.11 Å². The number of rotatable bonds is 4. The molecule has 1 aliphatic rings. The highest BCUT2D eigenvalue weighted by molar-refractivity contribution is 5.87. The van der Waals surface area contributed by atoms with E-state index >= 15 is 0 Å². The molecule has 1 amide bonds. The smallest absolute Gasteiger partial charge is 0.416 e. The molecule has 7 heteroatoms. The number of nitrogens with one attached hydrogen (secondary N) is 1. The average Bonchev–Trinajstić information content (AvgIpc) is 2.95. The molecule has 2 atom stereocenters.